The van der Waals surface area contributed by atoms with Crippen LogP contribution in [0.2, 0.25) is 0 Å². The molecule has 0 radical (unpaired) electrons. The molecule has 6 heteroatoms. The van der Waals surface area contributed by atoms with Crippen molar-refractivity contribution >= 4 is 17.8 Å². The number of carbonyl (C=O) groups is 3. The molecule has 0 aromatic rings. The van der Waals surface area contributed by atoms with Gasteiger partial charge >= 0.3 is 5.97 Å². The molecule has 0 aromatic carbocycles. The minimum Gasteiger partial charge on any atom is -0.480 e. The molecule has 96 valence electrons. The number of aliphatic carboxylic acids is 1. The fourth-order valence-electron chi connectivity index (χ4n) is 1.98. The Morgan fingerprint density at radius 3 is 2.76 bits per heavy atom. The van der Waals surface area contributed by atoms with E-state index in [1.54, 1.807) is 0 Å². The molecule has 17 heavy (non-hydrogen) atoms. The first kappa shape index (κ1) is 13.6. The maximum atomic E-state index is 11.9. The van der Waals surface area contributed by atoms with Crippen molar-refractivity contribution in [2.45, 2.75) is 51.1 Å². The predicted octanol–water partition coefficient (Wildman–Crippen LogP) is 0.106. The Bertz CT molecular complexity index is 329. The topological polar surface area (TPSA) is 101 Å². The molecule has 3 N–H and O–H groups in total. The first-order chi connectivity index (χ1) is 7.99. The highest BCUT2D eigenvalue weighted by molar-refractivity contribution is 6.01. The Morgan fingerprint density at radius 1 is 1.59 bits per heavy atom. The summed E-state index contributed by atoms with van der Waals surface area (Å²) in [6, 6.07) is -1.84. The van der Waals surface area contributed by atoms with Gasteiger partial charge in [-0.3, -0.25) is 14.5 Å². The molecule has 0 spiro atoms. The summed E-state index contributed by atoms with van der Waals surface area (Å²) in [5.74, 6) is -2.14. The number of carbonyl (C=O) groups excluding carboxylic acids is 2. The molecule has 1 heterocycles. The number of imide groups is 1. The van der Waals surface area contributed by atoms with Crippen molar-refractivity contribution in [3.63, 3.8) is 0 Å². The lowest BCUT2D eigenvalue weighted by molar-refractivity contribution is -0.158. The third-order valence-electron chi connectivity index (χ3n) is 2.89. The molecule has 1 aliphatic rings. The van der Waals surface area contributed by atoms with E-state index >= 15 is 0 Å². The first-order valence-electron chi connectivity index (χ1n) is 5.83. The molecule has 0 aliphatic carbocycles. The lowest BCUT2D eigenvalue weighted by atomic mass is 10.1. The molecule has 2 amide bonds. The van der Waals surface area contributed by atoms with Crippen LogP contribution in [0.25, 0.3) is 0 Å². The SMILES string of the molecule is CCC[C@@H](C(=O)O)N1C(=O)CCCC(N)C1=O. The smallest absolute Gasteiger partial charge is 0.326 e. The summed E-state index contributed by atoms with van der Waals surface area (Å²) >= 11 is 0. The van der Waals surface area contributed by atoms with Crippen LogP contribution in [0.5, 0.6) is 0 Å². The molecular weight excluding hydrogens is 224 g/mol. The zero-order valence-corrected chi connectivity index (χ0v) is 9.89. The van der Waals surface area contributed by atoms with Crippen LogP contribution < -0.4 is 5.73 Å². The average molecular weight is 242 g/mol. The Labute approximate surface area is 99.8 Å². The lowest BCUT2D eigenvalue weighted by Gasteiger charge is -2.27. The van der Waals surface area contributed by atoms with Crippen molar-refractivity contribution in [3.8, 4) is 0 Å². The summed E-state index contributed by atoms with van der Waals surface area (Å²) in [6.45, 7) is 1.81. The van der Waals surface area contributed by atoms with Crippen LogP contribution in [0.1, 0.15) is 39.0 Å². The Balaban J connectivity index is 2.98. The van der Waals surface area contributed by atoms with Gasteiger partial charge < -0.3 is 10.8 Å². The Hall–Kier alpha value is -1.43. The van der Waals surface area contributed by atoms with Gasteiger partial charge in [-0.2, -0.15) is 0 Å². The molecule has 2 atom stereocenters. The predicted molar refractivity (Wildman–Crippen MR) is 60.0 cm³/mol. The van der Waals surface area contributed by atoms with Gasteiger partial charge in [-0.25, -0.2) is 4.79 Å². The standard InChI is InChI=1S/C11H18N2O4/c1-2-4-8(11(16)17)13-9(14)6-3-5-7(12)10(13)15/h7-8H,2-6,12H2,1H3,(H,16,17)/t7?,8-/m0/s1. The summed E-state index contributed by atoms with van der Waals surface area (Å²) in [4.78, 5) is 35.6. The third-order valence-corrected chi connectivity index (χ3v) is 2.89. The van der Waals surface area contributed by atoms with E-state index in [1.165, 1.54) is 0 Å². The van der Waals surface area contributed by atoms with Gasteiger partial charge in [-0.05, 0) is 19.3 Å². The monoisotopic (exact) mass is 242 g/mol. The second-order valence-electron chi connectivity index (χ2n) is 4.24. The normalized spacial score (nSPS) is 23.4. The van der Waals surface area contributed by atoms with E-state index in [1.807, 2.05) is 6.92 Å². The molecule has 1 saturated heterocycles. The van der Waals surface area contributed by atoms with Gasteiger partial charge in [0.05, 0.1) is 6.04 Å². The average Bonchev–Trinajstić information content (AvgIpc) is 2.37. The van der Waals surface area contributed by atoms with Crippen molar-refractivity contribution in [1.29, 1.82) is 0 Å². The van der Waals surface area contributed by atoms with Gasteiger partial charge in [0, 0.05) is 6.42 Å². The van der Waals surface area contributed by atoms with Crippen LogP contribution in [0.3, 0.4) is 0 Å². The number of nitrogens with two attached hydrogens (primary N) is 1. The number of likely N-dealkylation sites (tertiary alicyclic amines) is 1. The summed E-state index contributed by atoms with van der Waals surface area (Å²) in [7, 11) is 0. The van der Waals surface area contributed by atoms with Crippen molar-refractivity contribution in [1.82, 2.24) is 4.90 Å². The van der Waals surface area contributed by atoms with Gasteiger partial charge in [0.1, 0.15) is 6.04 Å². The number of amides is 2. The second kappa shape index (κ2) is 5.77. The van der Waals surface area contributed by atoms with Crippen LogP contribution in [0, 0.1) is 0 Å². The zero-order valence-electron chi connectivity index (χ0n) is 9.89. The Morgan fingerprint density at radius 2 is 2.24 bits per heavy atom. The zero-order chi connectivity index (χ0) is 13.0. The molecule has 1 aliphatic heterocycles. The Kier molecular flexibility index (Phi) is 4.62. The molecule has 0 bridgehead atoms. The highest BCUT2D eigenvalue weighted by Gasteiger charge is 2.37. The highest BCUT2D eigenvalue weighted by Crippen LogP contribution is 2.17. The molecule has 1 rings (SSSR count). The number of hydrogen-bond donors (Lipinski definition) is 2. The molecule has 0 saturated carbocycles. The van der Waals surface area contributed by atoms with E-state index < -0.39 is 29.9 Å². The molecule has 1 unspecified atom stereocenters. The number of rotatable bonds is 4. The van der Waals surface area contributed by atoms with Gasteiger partial charge in [-0.1, -0.05) is 13.3 Å². The van der Waals surface area contributed by atoms with Gasteiger partial charge in [0.2, 0.25) is 11.8 Å². The number of carboxylic acid groups (broad SMARTS) is 1. The van der Waals surface area contributed by atoms with E-state index in [-0.39, 0.29) is 12.8 Å². The number of carboxylic acids is 1. The van der Waals surface area contributed by atoms with Crippen LogP contribution >= 0.6 is 0 Å². The van der Waals surface area contributed by atoms with Crippen molar-refractivity contribution in [3.05, 3.63) is 0 Å². The minimum atomic E-state index is -1.15. The molecule has 6 nitrogen and oxygen atoms in total. The maximum Gasteiger partial charge on any atom is 0.326 e. The van der Waals surface area contributed by atoms with E-state index in [2.05, 4.69) is 0 Å². The maximum absolute atomic E-state index is 11.9. The van der Waals surface area contributed by atoms with Crippen molar-refractivity contribution < 1.29 is 19.5 Å². The lowest BCUT2D eigenvalue weighted by Crippen LogP contribution is -2.52. The van der Waals surface area contributed by atoms with E-state index in [4.69, 9.17) is 10.8 Å². The summed E-state index contributed by atoms with van der Waals surface area (Å²) in [5.41, 5.74) is 5.63. The summed E-state index contributed by atoms with van der Waals surface area (Å²) < 4.78 is 0. The minimum absolute atomic E-state index is 0.187. The van der Waals surface area contributed by atoms with Gasteiger partial charge in [-0.15, -0.1) is 0 Å². The second-order valence-corrected chi connectivity index (χ2v) is 4.24. The fourth-order valence-corrected chi connectivity index (χ4v) is 1.98. The van der Waals surface area contributed by atoms with E-state index in [0.717, 1.165) is 4.90 Å². The first-order valence-corrected chi connectivity index (χ1v) is 5.83. The summed E-state index contributed by atoms with van der Waals surface area (Å²) in [6.07, 6.45) is 2.00. The van der Waals surface area contributed by atoms with E-state index in [9.17, 15) is 14.4 Å². The van der Waals surface area contributed by atoms with Crippen molar-refractivity contribution in [2.75, 3.05) is 0 Å². The van der Waals surface area contributed by atoms with Gasteiger partial charge in [0.15, 0.2) is 0 Å². The molecular formula is C11H18N2O4. The van der Waals surface area contributed by atoms with Crippen molar-refractivity contribution in [2.24, 2.45) is 5.73 Å². The van der Waals surface area contributed by atoms with Crippen LogP contribution in [0.15, 0.2) is 0 Å². The third kappa shape index (κ3) is 3.03. The largest absolute Gasteiger partial charge is 0.480 e. The van der Waals surface area contributed by atoms with Gasteiger partial charge in [0.25, 0.3) is 0 Å². The van der Waals surface area contributed by atoms with Crippen LogP contribution in [-0.4, -0.2) is 39.9 Å². The summed E-state index contributed by atoms with van der Waals surface area (Å²) in [5, 5.41) is 9.08. The number of hydrogen-bond acceptors (Lipinski definition) is 4. The molecule has 0 aromatic heterocycles. The van der Waals surface area contributed by atoms with Crippen LogP contribution in [0.4, 0.5) is 0 Å². The number of nitrogens with zero attached hydrogens (tertiary/aromatic N) is 1. The van der Waals surface area contributed by atoms with Crippen LogP contribution in [-0.2, 0) is 14.4 Å². The highest BCUT2D eigenvalue weighted by atomic mass is 16.4. The molecule has 1 fully saturated rings. The quantitative estimate of drug-likeness (QED) is 0.681. The fraction of sp³-hybridized carbons (Fsp3) is 0.727. The van der Waals surface area contributed by atoms with E-state index in [0.29, 0.717) is 19.3 Å².